The van der Waals surface area contributed by atoms with Gasteiger partial charge in [-0.2, -0.15) is 0 Å². The molecule has 0 aliphatic carbocycles. The minimum absolute atomic E-state index is 0.584. The average Bonchev–Trinajstić information content (AvgIpc) is 2.56. The third kappa shape index (κ3) is 3.58. The Labute approximate surface area is 131 Å². The summed E-state index contributed by atoms with van der Waals surface area (Å²) >= 11 is 6.05. The van der Waals surface area contributed by atoms with Crippen LogP contribution in [-0.4, -0.2) is 31.1 Å². The van der Waals surface area contributed by atoms with Crippen molar-refractivity contribution >= 4 is 17.3 Å². The minimum atomic E-state index is 0.584. The molecule has 0 amide bonds. The topological polar surface area (TPSA) is 6.48 Å². The number of piperazine rings is 1. The number of halogens is 1. The molecule has 2 aromatic rings. The van der Waals surface area contributed by atoms with Crippen LogP contribution in [0.5, 0.6) is 0 Å². The fourth-order valence-corrected chi connectivity index (χ4v) is 3.15. The molecule has 0 spiro atoms. The molecule has 0 atom stereocenters. The second-order valence-electron chi connectivity index (χ2n) is 5.51. The normalized spacial score (nSPS) is 16.1. The molecule has 3 heteroatoms. The molecule has 0 aromatic heterocycles. The lowest BCUT2D eigenvalue weighted by molar-refractivity contribution is 0.250. The predicted molar refractivity (Wildman–Crippen MR) is 89.9 cm³/mol. The smallest absolute Gasteiger partial charge is 0.0494 e. The quantitative estimate of drug-likeness (QED) is 0.794. The Hall–Kier alpha value is -1.51. The van der Waals surface area contributed by atoms with E-state index in [2.05, 4.69) is 64.4 Å². The summed E-state index contributed by atoms with van der Waals surface area (Å²) in [5, 5.41) is 0. The summed E-state index contributed by atoms with van der Waals surface area (Å²) < 4.78 is 0. The fraction of sp³-hybridized carbons (Fsp3) is 0.333. The Bertz CT molecular complexity index is 562. The number of para-hydroxylation sites is 1. The van der Waals surface area contributed by atoms with Crippen molar-refractivity contribution in [2.75, 3.05) is 31.1 Å². The molecule has 3 rings (SSSR count). The van der Waals surface area contributed by atoms with Gasteiger partial charge < -0.3 is 4.90 Å². The Morgan fingerprint density at radius 1 is 0.810 bits per heavy atom. The molecule has 1 aliphatic heterocycles. The van der Waals surface area contributed by atoms with Crippen LogP contribution in [0.25, 0.3) is 0 Å². The highest BCUT2D eigenvalue weighted by atomic mass is 35.5. The molecule has 1 saturated heterocycles. The third-order valence-corrected chi connectivity index (χ3v) is 4.39. The van der Waals surface area contributed by atoms with E-state index in [1.54, 1.807) is 0 Å². The van der Waals surface area contributed by atoms with Crippen molar-refractivity contribution in [2.24, 2.45) is 0 Å². The van der Waals surface area contributed by atoms with Crippen LogP contribution in [0.1, 0.15) is 11.1 Å². The molecular formula is C18H21ClN2. The van der Waals surface area contributed by atoms with Crippen molar-refractivity contribution < 1.29 is 0 Å². The molecule has 0 radical (unpaired) electrons. The molecule has 2 aromatic carbocycles. The summed E-state index contributed by atoms with van der Waals surface area (Å²) in [6.45, 7) is 5.39. The average molecular weight is 301 g/mol. The van der Waals surface area contributed by atoms with E-state index >= 15 is 0 Å². The second kappa shape index (κ2) is 6.97. The van der Waals surface area contributed by atoms with Gasteiger partial charge in [-0.1, -0.05) is 48.5 Å². The zero-order chi connectivity index (χ0) is 14.5. The summed E-state index contributed by atoms with van der Waals surface area (Å²) in [6, 6.07) is 19.2. The Balaban J connectivity index is 1.60. The van der Waals surface area contributed by atoms with Gasteiger partial charge in [0.25, 0.3) is 0 Å². The maximum absolute atomic E-state index is 6.05. The first-order valence-corrected chi connectivity index (χ1v) is 8.05. The summed E-state index contributed by atoms with van der Waals surface area (Å²) in [5.74, 6) is 0.584. The van der Waals surface area contributed by atoms with Crippen LogP contribution in [0, 0.1) is 0 Å². The molecular weight excluding hydrogens is 280 g/mol. The molecule has 21 heavy (non-hydrogen) atoms. The van der Waals surface area contributed by atoms with Crippen LogP contribution in [0.4, 0.5) is 5.69 Å². The van der Waals surface area contributed by atoms with Crippen molar-refractivity contribution in [1.82, 2.24) is 4.90 Å². The SMILES string of the molecule is ClCc1ccccc1N1CCN(Cc2ccccc2)CC1. The van der Waals surface area contributed by atoms with Gasteiger partial charge in [0.2, 0.25) is 0 Å². The largest absolute Gasteiger partial charge is 0.369 e. The van der Waals surface area contributed by atoms with Crippen molar-refractivity contribution in [1.29, 1.82) is 0 Å². The van der Waals surface area contributed by atoms with E-state index in [1.165, 1.54) is 16.8 Å². The van der Waals surface area contributed by atoms with Crippen molar-refractivity contribution in [3.05, 3.63) is 65.7 Å². The lowest BCUT2D eigenvalue weighted by Gasteiger charge is -2.37. The molecule has 0 bridgehead atoms. The zero-order valence-corrected chi connectivity index (χ0v) is 13.0. The Kier molecular flexibility index (Phi) is 4.79. The number of hydrogen-bond acceptors (Lipinski definition) is 2. The summed E-state index contributed by atoms with van der Waals surface area (Å²) in [6.07, 6.45) is 0. The first-order valence-electron chi connectivity index (χ1n) is 7.52. The van der Waals surface area contributed by atoms with Gasteiger partial charge >= 0.3 is 0 Å². The summed E-state index contributed by atoms with van der Waals surface area (Å²) in [5.41, 5.74) is 3.93. The highest BCUT2D eigenvalue weighted by Crippen LogP contribution is 2.23. The molecule has 1 heterocycles. The van der Waals surface area contributed by atoms with Gasteiger partial charge in [-0.05, 0) is 17.2 Å². The molecule has 110 valence electrons. The van der Waals surface area contributed by atoms with E-state index in [4.69, 9.17) is 11.6 Å². The van der Waals surface area contributed by atoms with E-state index in [-0.39, 0.29) is 0 Å². The van der Waals surface area contributed by atoms with Gasteiger partial charge in [-0.25, -0.2) is 0 Å². The van der Waals surface area contributed by atoms with Crippen molar-refractivity contribution in [2.45, 2.75) is 12.4 Å². The molecule has 2 nitrogen and oxygen atoms in total. The van der Waals surface area contributed by atoms with Gasteiger partial charge in [0, 0.05) is 44.3 Å². The van der Waals surface area contributed by atoms with Gasteiger partial charge in [0.1, 0.15) is 0 Å². The first-order chi connectivity index (χ1) is 10.4. The van der Waals surface area contributed by atoms with E-state index in [9.17, 15) is 0 Å². The molecule has 0 saturated carbocycles. The number of anilines is 1. The highest BCUT2D eigenvalue weighted by Gasteiger charge is 2.18. The minimum Gasteiger partial charge on any atom is -0.369 e. The second-order valence-corrected chi connectivity index (χ2v) is 5.78. The van der Waals surface area contributed by atoms with Gasteiger partial charge in [0.15, 0.2) is 0 Å². The highest BCUT2D eigenvalue weighted by molar-refractivity contribution is 6.17. The van der Waals surface area contributed by atoms with Gasteiger partial charge in [-0.3, -0.25) is 4.90 Å². The predicted octanol–water partition coefficient (Wildman–Crippen LogP) is 3.75. The fourth-order valence-electron chi connectivity index (χ4n) is 2.92. The van der Waals surface area contributed by atoms with Crippen LogP contribution >= 0.6 is 11.6 Å². The van der Waals surface area contributed by atoms with Crippen LogP contribution < -0.4 is 4.90 Å². The standard InChI is InChI=1S/C18H21ClN2/c19-14-17-8-4-5-9-18(17)21-12-10-20(11-13-21)15-16-6-2-1-3-7-16/h1-9H,10-15H2. The van der Waals surface area contributed by atoms with E-state index in [0.29, 0.717) is 5.88 Å². The summed E-state index contributed by atoms with van der Waals surface area (Å²) in [4.78, 5) is 4.98. The first kappa shape index (κ1) is 14.4. The number of alkyl halides is 1. The van der Waals surface area contributed by atoms with Crippen molar-refractivity contribution in [3.63, 3.8) is 0 Å². The van der Waals surface area contributed by atoms with E-state index in [0.717, 1.165) is 32.7 Å². The van der Waals surface area contributed by atoms with Gasteiger partial charge in [-0.15, -0.1) is 11.6 Å². The van der Waals surface area contributed by atoms with Crippen LogP contribution in [0.15, 0.2) is 54.6 Å². The van der Waals surface area contributed by atoms with Crippen LogP contribution in [0.2, 0.25) is 0 Å². The zero-order valence-electron chi connectivity index (χ0n) is 12.2. The Morgan fingerprint density at radius 3 is 2.19 bits per heavy atom. The van der Waals surface area contributed by atoms with Crippen LogP contribution in [0.3, 0.4) is 0 Å². The lowest BCUT2D eigenvalue weighted by Crippen LogP contribution is -2.46. The Morgan fingerprint density at radius 2 is 1.48 bits per heavy atom. The molecule has 1 aliphatic rings. The maximum Gasteiger partial charge on any atom is 0.0494 e. The molecule has 1 fully saturated rings. The van der Waals surface area contributed by atoms with E-state index in [1.807, 2.05) is 0 Å². The molecule has 0 N–H and O–H groups in total. The van der Waals surface area contributed by atoms with E-state index < -0.39 is 0 Å². The maximum atomic E-state index is 6.05. The number of rotatable bonds is 4. The summed E-state index contributed by atoms with van der Waals surface area (Å²) in [7, 11) is 0. The third-order valence-electron chi connectivity index (χ3n) is 4.10. The lowest BCUT2D eigenvalue weighted by atomic mass is 10.1. The van der Waals surface area contributed by atoms with Gasteiger partial charge in [0.05, 0.1) is 0 Å². The number of hydrogen-bond donors (Lipinski definition) is 0. The van der Waals surface area contributed by atoms with Crippen LogP contribution in [-0.2, 0) is 12.4 Å². The molecule has 0 unspecified atom stereocenters. The monoisotopic (exact) mass is 300 g/mol. The number of nitrogens with zero attached hydrogens (tertiary/aromatic N) is 2. The van der Waals surface area contributed by atoms with Crippen molar-refractivity contribution in [3.8, 4) is 0 Å². The number of benzene rings is 2.